The Morgan fingerprint density at radius 2 is 1.37 bits per heavy atom. The highest BCUT2D eigenvalue weighted by molar-refractivity contribution is 5.69. The van der Waals surface area contributed by atoms with Crippen molar-refractivity contribution in [2.45, 2.75) is 59.3 Å². The van der Waals surface area contributed by atoms with E-state index in [4.69, 9.17) is 9.97 Å². The topological polar surface area (TPSA) is 43.6 Å². The van der Waals surface area contributed by atoms with Crippen LogP contribution in [0.15, 0.2) is 36.5 Å². The number of hydrogen-bond acceptors (Lipinski definition) is 3. The number of hydrogen-bond donors (Lipinski definition) is 0. The minimum Gasteiger partial charge on any atom is -0.275 e. The minimum absolute atomic E-state index is 0.0348. The third-order valence-corrected chi connectivity index (χ3v) is 4.67. The molecule has 0 spiro atoms. The second-order valence-electron chi connectivity index (χ2n) is 9.38. The van der Waals surface area contributed by atoms with E-state index >= 15 is 0 Å². The van der Waals surface area contributed by atoms with Gasteiger partial charge in [-0.3, -0.25) is 4.68 Å². The Labute approximate surface area is 162 Å². The average molecular weight is 363 g/mol. The number of aromatic nitrogens is 4. The van der Waals surface area contributed by atoms with Gasteiger partial charge in [-0.05, 0) is 24.6 Å². The Morgan fingerprint density at radius 3 is 1.85 bits per heavy atom. The Bertz CT molecular complexity index is 937. The van der Waals surface area contributed by atoms with Crippen LogP contribution in [0.3, 0.4) is 0 Å². The first kappa shape index (κ1) is 19.3. The van der Waals surface area contributed by atoms with E-state index in [0.717, 1.165) is 39.6 Å². The van der Waals surface area contributed by atoms with Gasteiger partial charge in [-0.15, -0.1) is 0 Å². The first-order valence-electron chi connectivity index (χ1n) is 9.46. The third-order valence-electron chi connectivity index (χ3n) is 4.67. The predicted octanol–water partition coefficient (Wildman–Crippen LogP) is 5.45. The van der Waals surface area contributed by atoms with Crippen molar-refractivity contribution in [2.24, 2.45) is 7.05 Å². The predicted molar refractivity (Wildman–Crippen MR) is 112 cm³/mol. The molecular weight excluding hydrogens is 332 g/mol. The van der Waals surface area contributed by atoms with Gasteiger partial charge in [-0.2, -0.15) is 5.10 Å². The lowest BCUT2D eigenvalue weighted by Crippen LogP contribution is -2.20. The Hall–Kier alpha value is -2.49. The fraction of sp³-hybridized carbons (Fsp3) is 0.435. The fourth-order valence-electron chi connectivity index (χ4n) is 3.04. The summed E-state index contributed by atoms with van der Waals surface area (Å²) in [6.07, 6.45) is 2.04. The van der Waals surface area contributed by atoms with Crippen molar-refractivity contribution < 1.29 is 0 Å². The second kappa shape index (κ2) is 6.59. The van der Waals surface area contributed by atoms with Crippen LogP contribution in [-0.4, -0.2) is 19.7 Å². The van der Waals surface area contributed by atoms with Gasteiger partial charge in [0.2, 0.25) is 0 Å². The molecule has 0 bridgehead atoms. The summed E-state index contributed by atoms with van der Waals surface area (Å²) in [7, 11) is 1.95. The van der Waals surface area contributed by atoms with E-state index in [0.29, 0.717) is 0 Å². The minimum atomic E-state index is -0.0348. The molecule has 0 aliphatic carbocycles. The van der Waals surface area contributed by atoms with Gasteiger partial charge in [0.25, 0.3) is 0 Å². The van der Waals surface area contributed by atoms with E-state index in [-0.39, 0.29) is 10.8 Å². The highest BCUT2D eigenvalue weighted by atomic mass is 15.2. The molecule has 0 atom stereocenters. The van der Waals surface area contributed by atoms with Gasteiger partial charge in [0.15, 0.2) is 5.82 Å². The molecule has 0 unspecified atom stereocenters. The number of benzene rings is 1. The monoisotopic (exact) mass is 362 g/mol. The van der Waals surface area contributed by atoms with Crippen molar-refractivity contribution in [3.8, 4) is 22.6 Å². The summed E-state index contributed by atoms with van der Waals surface area (Å²) < 4.78 is 1.85. The summed E-state index contributed by atoms with van der Waals surface area (Å²) in [4.78, 5) is 9.83. The maximum atomic E-state index is 4.91. The van der Waals surface area contributed by atoms with Gasteiger partial charge in [0, 0.05) is 35.2 Å². The molecule has 0 aliphatic heterocycles. The summed E-state index contributed by atoms with van der Waals surface area (Å²) in [6, 6.07) is 10.5. The van der Waals surface area contributed by atoms with E-state index in [9.17, 15) is 0 Å². The van der Waals surface area contributed by atoms with Gasteiger partial charge < -0.3 is 0 Å². The van der Waals surface area contributed by atoms with Crippen LogP contribution in [-0.2, 0) is 17.9 Å². The SMILES string of the molecule is Cc1cn(C)nc1-c1cccc(-c2nc(C(C)(C)C)cc(C(C)(C)C)n2)c1. The van der Waals surface area contributed by atoms with E-state index in [1.807, 2.05) is 17.9 Å². The molecular formula is C23H30N4. The number of aryl methyl sites for hydroxylation is 2. The molecule has 2 heterocycles. The quantitative estimate of drug-likeness (QED) is 0.609. The molecule has 0 aliphatic rings. The summed E-state index contributed by atoms with van der Waals surface area (Å²) >= 11 is 0. The van der Waals surface area contributed by atoms with Crippen molar-refractivity contribution in [2.75, 3.05) is 0 Å². The van der Waals surface area contributed by atoms with Gasteiger partial charge in [-0.25, -0.2) is 9.97 Å². The molecule has 3 rings (SSSR count). The zero-order chi connectivity index (χ0) is 20.0. The molecule has 0 N–H and O–H groups in total. The Morgan fingerprint density at radius 1 is 0.815 bits per heavy atom. The van der Waals surface area contributed by atoms with E-state index < -0.39 is 0 Å². The van der Waals surface area contributed by atoms with Crippen LogP contribution in [0.5, 0.6) is 0 Å². The molecule has 0 radical (unpaired) electrons. The van der Waals surface area contributed by atoms with Gasteiger partial charge in [0.05, 0.1) is 17.1 Å². The van der Waals surface area contributed by atoms with Crippen LogP contribution in [0.1, 0.15) is 58.5 Å². The largest absolute Gasteiger partial charge is 0.275 e. The number of nitrogens with zero attached hydrogens (tertiary/aromatic N) is 4. The molecule has 27 heavy (non-hydrogen) atoms. The Balaban J connectivity index is 2.16. The van der Waals surface area contributed by atoms with E-state index in [2.05, 4.69) is 83.9 Å². The smallest absolute Gasteiger partial charge is 0.159 e. The summed E-state index contributed by atoms with van der Waals surface area (Å²) in [5.74, 6) is 0.780. The molecule has 0 fully saturated rings. The average Bonchev–Trinajstić information content (AvgIpc) is 2.91. The lowest BCUT2D eigenvalue weighted by molar-refractivity contribution is 0.539. The van der Waals surface area contributed by atoms with Crippen molar-refractivity contribution >= 4 is 0 Å². The maximum Gasteiger partial charge on any atom is 0.159 e. The maximum absolute atomic E-state index is 4.91. The highest BCUT2D eigenvalue weighted by Gasteiger charge is 2.23. The molecule has 4 heteroatoms. The normalized spacial score (nSPS) is 12.4. The highest BCUT2D eigenvalue weighted by Crippen LogP contribution is 2.31. The molecule has 0 amide bonds. The van der Waals surface area contributed by atoms with Gasteiger partial charge in [0.1, 0.15) is 0 Å². The summed E-state index contributed by atoms with van der Waals surface area (Å²) in [5, 5.41) is 4.60. The van der Waals surface area contributed by atoms with Crippen LogP contribution in [0.4, 0.5) is 0 Å². The zero-order valence-corrected chi connectivity index (χ0v) is 17.8. The fourth-order valence-corrected chi connectivity index (χ4v) is 3.04. The molecule has 1 aromatic carbocycles. The van der Waals surface area contributed by atoms with Crippen molar-refractivity contribution in [1.82, 2.24) is 19.7 Å². The summed E-state index contributed by atoms with van der Waals surface area (Å²) in [6.45, 7) is 15.2. The third kappa shape index (κ3) is 4.10. The van der Waals surface area contributed by atoms with Crippen LogP contribution in [0, 0.1) is 6.92 Å². The molecule has 3 aromatic rings. The molecule has 0 saturated carbocycles. The standard InChI is InChI=1S/C23H30N4/c1-15-14-27(8)26-20(15)16-10-9-11-17(12-16)21-24-18(22(2,3)4)13-19(25-21)23(5,6)7/h9-14H,1-8H3. The first-order valence-corrected chi connectivity index (χ1v) is 9.46. The van der Waals surface area contributed by atoms with Gasteiger partial charge in [-0.1, -0.05) is 59.7 Å². The van der Waals surface area contributed by atoms with Crippen LogP contribution in [0.25, 0.3) is 22.6 Å². The molecule has 142 valence electrons. The zero-order valence-electron chi connectivity index (χ0n) is 17.8. The lowest BCUT2D eigenvalue weighted by Gasteiger charge is -2.24. The second-order valence-corrected chi connectivity index (χ2v) is 9.38. The lowest BCUT2D eigenvalue weighted by atomic mass is 9.86. The van der Waals surface area contributed by atoms with Crippen molar-refractivity contribution in [3.05, 3.63) is 53.5 Å². The van der Waals surface area contributed by atoms with Crippen molar-refractivity contribution in [1.29, 1.82) is 0 Å². The number of rotatable bonds is 2. The van der Waals surface area contributed by atoms with Crippen molar-refractivity contribution in [3.63, 3.8) is 0 Å². The van der Waals surface area contributed by atoms with Gasteiger partial charge >= 0.3 is 0 Å². The summed E-state index contributed by atoms with van der Waals surface area (Å²) in [5.41, 5.74) is 6.34. The van der Waals surface area contributed by atoms with E-state index in [1.54, 1.807) is 0 Å². The van der Waals surface area contributed by atoms with Crippen LogP contribution >= 0.6 is 0 Å². The molecule has 4 nitrogen and oxygen atoms in total. The van der Waals surface area contributed by atoms with Crippen LogP contribution < -0.4 is 0 Å². The first-order chi connectivity index (χ1) is 12.4. The van der Waals surface area contributed by atoms with E-state index in [1.165, 1.54) is 0 Å². The molecule has 2 aromatic heterocycles. The molecule has 0 saturated heterocycles. The van der Waals surface area contributed by atoms with Crippen LogP contribution in [0.2, 0.25) is 0 Å². The Kier molecular flexibility index (Phi) is 4.71.